The summed E-state index contributed by atoms with van der Waals surface area (Å²) in [4.78, 5) is 26.5. The molecule has 1 heterocycles. The Hall–Kier alpha value is -2.04. The van der Waals surface area contributed by atoms with E-state index in [2.05, 4.69) is 24.1 Å². The first-order chi connectivity index (χ1) is 15.3. The van der Waals surface area contributed by atoms with E-state index >= 15 is 0 Å². The molecule has 5 fully saturated rings. The van der Waals surface area contributed by atoms with Crippen molar-refractivity contribution in [2.45, 2.75) is 71.1 Å². The van der Waals surface area contributed by atoms with Crippen LogP contribution in [0.3, 0.4) is 0 Å². The molecule has 1 amide bonds. The summed E-state index contributed by atoms with van der Waals surface area (Å²) in [6.07, 6.45) is 8.99. The molecule has 2 N–H and O–H groups in total. The Morgan fingerprint density at radius 1 is 1.09 bits per heavy atom. The highest BCUT2D eigenvalue weighted by Gasteiger charge is 2.53. The number of hydrogen-bond donors (Lipinski definition) is 2. The van der Waals surface area contributed by atoms with E-state index in [-0.39, 0.29) is 5.91 Å². The van der Waals surface area contributed by atoms with E-state index in [4.69, 9.17) is 0 Å². The summed E-state index contributed by atoms with van der Waals surface area (Å²) in [6, 6.07) is 5.62. The molecule has 4 aliphatic carbocycles. The zero-order valence-electron chi connectivity index (χ0n) is 19.6. The minimum absolute atomic E-state index is 0.229. The van der Waals surface area contributed by atoms with Crippen molar-refractivity contribution >= 4 is 17.6 Å². The first-order valence-corrected chi connectivity index (χ1v) is 12.7. The molecule has 0 aromatic heterocycles. The summed E-state index contributed by atoms with van der Waals surface area (Å²) in [7, 11) is 0. The van der Waals surface area contributed by atoms with Gasteiger partial charge in [-0.05, 0) is 104 Å². The molecule has 0 unspecified atom stereocenters. The van der Waals surface area contributed by atoms with Gasteiger partial charge in [-0.3, -0.25) is 4.79 Å². The minimum Gasteiger partial charge on any atom is -0.478 e. The van der Waals surface area contributed by atoms with Gasteiger partial charge < -0.3 is 15.3 Å². The molecule has 6 rings (SSSR count). The predicted molar refractivity (Wildman–Crippen MR) is 126 cm³/mol. The lowest BCUT2D eigenvalue weighted by Crippen LogP contribution is -2.54. The number of piperidine rings is 1. The van der Waals surface area contributed by atoms with Crippen molar-refractivity contribution in [3.05, 3.63) is 29.3 Å². The maximum Gasteiger partial charge on any atom is 0.335 e. The van der Waals surface area contributed by atoms with Gasteiger partial charge in [-0.2, -0.15) is 0 Å². The number of amides is 1. The van der Waals surface area contributed by atoms with Crippen molar-refractivity contribution in [2.75, 3.05) is 24.5 Å². The molecule has 5 aliphatic rings. The number of carbonyl (C=O) groups excluding carboxylic acids is 1. The lowest BCUT2D eigenvalue weighted by atomic mass is 9.45. The molecule has 2 bridgehead atoms. The number of nitrogens with zero attached hydrogens (tertiary/aromatic N) is 1. The van der Waals surface area contributed by atoms with Crippen LogP contribution in [0.5, 0.6) is 0 Å². The van der Waals surface area contributed by atoms with E-state index in [1.165, 1.54) is 30.5 Å². The average molecular weight is 439 g/mol. The number of fused-ring (bicyclic) bond motifs is 2. The van der Waals surface area contributed by atoms with Gasteiger partial charge in [0.2, 0.25) is 5.91 Å². The summed E-state index contributed by atoms with van der Waals surface area (Å²) >= 11 is 0. The number of carboxylic acids is 1. The molecule has 1 aliphatic heterocycles. The Morgan fingerprint density at radius 2 is 1.84 bits per heavy atom. The van der Waals surface area contributed by atoms with Crippen molar-refractivity contribution in [1.82, 2.24) is 5.32 Å². The number of rotatable bonds is 7. The van der Waals surface area contributed by atoms with Crippen LogP contribution in [0, 0.1) is 29.1 Å². The zero-order valence-corrected chi connectivity index (χ0v) is 19.6. The molecule has 4 saturated carbocycles. The summed E-state index contributed by atoms with van der Waals surface area (Å²) in [5.74, 6) is 2.70. The molecular weight excluding hydrogens is 400 g/mol. The third kappa shape index (κ3) is 4.15. The molecule has 5 heteroatoms. The van der Waals surface area contributed by atoms with Gasteiger partial charge in [-0.1, -0.05) is 13.8 Å². The van der Waals surface area contributed by atoms with Gasteiger partial charge >= 0.3 is 5.97 Å². The lowest BCUT2D eigenvalue weighted by molar-refractivity contribution is -0.125. The molecular formula is C27H38N2O3. The van der Waals surface area contributed by atoms with Crippen molar-refractivity contribution in [3.8, 4) is 0 Å². The lowest BCUT2D eigenvalue weighted by Gasteiger charge is -2.60. The van der Waals surface area contributed by atoms with Crippen LogP contribution in [-0.2, 0) is 4.79 Å². The molecule has 1 aromatic carbocycles. The third-order valence-corrected chi connectivity index (χ3v) is 9.28. The van der Waals surface area contributed by atoms with Gasteiger partial charge in [0.1, 0.15) is 0 Å². The molecule has 1 saturated heterocycles. The standard InChI is InChI=1S/C27H38N2O3/c1-27(2)21-7-5-20(23(27)15-21)16-28-25(30)13-17-9-11-29(12-10-17)24-8-6-19(26(31)32)14-22(24)18-3-4-18/h6,8,14,17-18,20-21,23H,3-5,7,9-13,15-16H2,1-2H3,(H,28,30)(H,31,32)/t20-,21-,23-/m0/s1. The van der Waals surface area contributed by atoms with Crippen LogP contribution in [-0.4, -0.2) is 36.6 Å². The number of hydrogen-bond acceptors (Lipinski definition) is 3. The Morgan fingerprint density at radius 3 is 2.47 bits per heavy atom. The fourth-order valence-corrected chi connectivity index (χ4v) is 6.86. The molecule has 32 heavy (non-hydrogen) atoms. The van der Waals surface area contributed by atoms with Crippen molar-refractivity contribution in [1.29, 1.82) is 0 Å². The van der Waals surface area contributed by atoms with E-state index in [1.54, 1.807) is 6.07 Å². The normalized spacial score (nSPS) is 29.3. The Kier molecular flexibility index (Phi) is 5.71. The largest absolute Gasteiger partial charge is 0.478 e. The maximum absolute atomic E-state index is 12.7. The number of carboxylic acid groups (broad SMARTS) is 1. The highest BCUT2D eigenvalue weighted by atomic mass is 16.4. The smallest absolute Gasteiger partial charge is 0.335 e. The third-order valence-electron chi connectivity index (χ3n) is 9.28. The topological polar surface area (TPSA) is 69.6 Å². The van der Waals surface area contributed by atoms with Crippen LogP contribution in [0.25, 0.3) is 0 Å². The molecule has 174 valence electrons. The van der Waals surface area contributed by atoms with Crippen LogP contribution >= 0.6 is 0 Å². The zero-order chi connectivity index (χ0) is 22.5. The highest BCUT2D eigenvalue weighted by molar-refractivity contribution is 5.88. The van der Waals surface area contributed by atoms with Crippen molar-refractivity contribution in [2.24, 2.45) is 29.1 Å². The Labute approximate surface area is 191 Å². The van der Waals surface area contributed by atoms with Crippen LogP contribution in [0.2, 0.25) is 0 Å². The second-order valence-corrected chi connectivity index (χ2v) is 11.5. The van der Waals surface area contributed by atoms with E-state index in [0.717, 1.165) is 57.2 Å². The second kappa shape index (κ2) is 8.39. The first-order valence-electron chi connectivity index (χ1n) is 12.7. The first kappa shape index (κ1) is 21.8. The van der Waals surface area contributed by atoms with Gasteiger partial charge in [-0.15, -0.1) is 0 Å². The van der Waals surface area contributed by atoms with E-state index in [1.807, 2.05) is 12.1 Å². The van der Waals surface area contributed by atoms with Gasteiger partial charge in [0.15, 0.2) is 0 Å². The number of benzene rings is 1. The van der Waals surface area contributed by atoms with Gasteiger partial charge in [0, 0.05) is 31.7 Å². The number of anilines is 1. The molecule has 1 aromatic rings. The van der Waals surface area contributed by atoms with Crippen LogP contribution in [0.4, 0.5) is 5.69 Å². The summed E-state index contributed by atoms with van der Waals surface area (Å²) in [5, 5.41) is 12.6. The summed E-state index contributed by atoms with van der Waals surface area (Å²) in [6.45, 7) is 7.59. The van der Waals surface area contributed by atoms with Crippen molar-refractivity contribution < 1.29 is 14.7 Å². The Balaban J connectivity index is 1.11. The fraction of sp³-hybridized carbons (Fsp3) is 0.704. The van der Waals surface area contributed by atoms with Gasteiger partial charge in [0.05, 0.1) is 5.56 Å². The fourth-order valence-electron chi connectivity index (χ4n) is 6.86. The predicted octanol–water partition coefficient (Wildman–Crippen LogP) is 5.06. The van der Waals surface area contributed by atoms with Gasteiger partial charge in [0.25, 0.3) is 0 Å². The number of carbonyl (C=O) groups is 2. The number of aromatic carboxylic acids is 1. The minimum atomic E-state index is -0.850. The van der Waals surface area contributed by atoms with E-state index < -0.39 is 5.97 Å². The van der Waals surface area contributed by atoms with E-state index in [0.29, 0.717) is 35.2 Å². The monoisotopic (exact) mass is 438 g/mol. The molecule has 5 nitrogen and oxygen atoms in total. The average Bonchev–Trinajstić information content (AvgIpc) is 3.63. The number of nitrogens with one attached hydrogen (secondary N) is 1. The van der Waals surface area contributed by atoms with Gasteiger partial charge in [-0.25, -0.2) is 4.79 Å². The summed E-state index contributed by atoms with van der Waals surface area (Å²) in [5.41, 5.74) is 3.28. The van der Waals surface area contributed by atoms with Crippen LogP contribution in [0.15, 0.2) is 18.2 Å². The molecule has 0 spiro atoms. The molecule has 0 radical (unpaired) electrons. The second-order valence-electron chi connectivity index (χ2n) is 11.5. The quantitative estimate of drug-likeness (QED) is 0.624. The maximum atomic E-state index is 12.7. The van der Waals surface area contributed by atoms with Crippen LogP contribution < -0.4 is 10.2 Å². The Bertz CT molecular complexity index is 881. The van der Waals surface area contributed by atoms with E-state index in [9.17, 15) is 14.7 Å². The SMILES string of the molecule is CC1(C)[C@H]2CC[C@@H](CNC(=O)CC3CCN(c4ccc(C(=O)O)cc4C4CC4)CC3)[C@@H]1C2. The highest BCUT2D eigenvalue weighted by Crippen LogP contribution is 2.61. The van der Waals surface area contributed by atoms with Crippen molar-refractivity contribution in [3.63, 3.8) is 0 Å². The molecule has 3 atom stereocenters. The summed E-state index contributed by atoms with van der Waals surface area (Å²) < 4.78 is 0. The van der Waals surface area contributed by atoms with Crippen LogP contribution in [0.1, 0.15) is 87.1 Å².